The van der Waals surface area contributed by atoms with Gasteiger partial charge in [0.25, 0.3) is 0 Å². The van der Waals surface area contributed by atoms with Crippen molar-refractivity contribution < 1.29 is 0 Å². The number of hydrogen-bond donors (Lipinski definition) is 0. The first-order chi connectivity index (χ1) is 9.72. The molecule has 1 fully saturated rings. The van der Waals surface area contributed by atoms with Crippen LogP contribution < -0.4 is 9.80 Å². The van der Waals surface area contributed by atoms with E-state index in [4.69, 9.17) is 0 Å². The molecule has 0 aliphatic carbocycles. The van der Waals surface area contributed by atoms with E-state index in [1.54, 1.807) is 0 Å². The first kappa shape index (κ1) is 13.0. The molecular weight excluding hydrogens is 244 g/mol. The number of rotatable bonds is 2. The smallest absolute Gasteiger partial charge is 0.0902 e. The molecule has 1 aliphatic heterocycles. The number of benzene rings is 2. The summed E-state index contributed by atoms with van der Waals surface area (Å²) in [6.07, 6.45) is 1.21. The van der Waals surface area contributed by atoms with Crippen LogP contribution >= 0.6 is 0 Å². The molecule has 0 aromatic heterocycles. The zero-order valence-corrected chi connectivity index (χ0v) is 12.3. The van der Waals surface area contributed by atoms with E-state index in [0.29, 0.717) is 0 Å². The van der Waals surface area contributed by atoms with Crippen LogP contribution in [0.25, 0.3) is 0 Å². The molecule has 20 heavy (non-hydrogen) atoms. The van der Waals surface area contributed by atoms with Gasteiger partial charge in [0.2, 0.25) is 0 Å². The Bertz CT molecular complexity index is 505. The highest BCUT2D eigenvalue weighted by molar-refractivity contribution is 5.53. The topological polar surface area (TPSA) is 6.48 Å². The molecule has 0 radical (unpaired) electrons. The van der Waals surface area contributed by atoms with E-state index >= 15 is 0 Å². The molecule has 2 heteroatoms. The lowest BCUT2D eigenvalue weighted by Gasteiger charge is -2.38. The van der Waals surface area contributed by atoms with E-state index in [2.05, 4.69) is 72.2 Å². The van der Waals surface area contributed by atoms with E-state index in [-0.39, 0.29) is 0 Å². The molecule has 0 bridgehead atoms. The number of aryl methyl sites for hydroxylation is 2. The van der Waals surface area contributed by atoms with Gasteiger partial charge in [0.15, 0.2) is 0 Å². The predicted octanol–water partition coefficient (Wildman–Crippen LogP) is 3.98. The zero-order chi connectivity index (χ0) is 13.9. The summed E-state index contributed by atoms with van der Waals surface area (Å²) >= 11 is 0. The van der Waals surface area contributed by atoms with Crippen LogP contribution in [-0.4, -0.2) is 19.8 Å². The van der Waals surface area contributed by atoms with E-state index in [9.17, 15) is 0 Å². The summed E-state index contributed by atoms with van der Waals surface area (Å²) in [5.41, 5.74) is 5.29. The molecule has 3 rings (SSSR count). The maximum atomic E-state index is 2.46. The van der Waals surface area contributed by atoms with E-state index in [1.807, 2.05) is 0 Å². The fourth-order valence-electron chi connectivity index (χ4n) is 2.73. The Hall–Kier alpha value is -1.96. The molecule has 0 saturated carbocycles. The Morgan fingerprint density at radius 2 is 1.05 bits per heavy atom. The molecule has 0 unspecified atom stereocenters. The molecular formula is C18H22N2. The van der Waals surface area contributed by atoms with Crippen LogP contribution in [0.4, 0.5) is 11.4 Å². The van der Waals surface area contributed by atoms with Gasteiger partial charge in [-0.05, 0) is 44.5 Å². The van der Waals surface area contributed by atoms with E-state index in [0.717, 1.165) is 19.8 Å². The van der Waals surface area contributed by atoms with Gasteiger partial charge in [0.1, 0.15) is 0 Å². The van der Waals surface area contributed by atoms with Crippen LogP contribution in [0, 0.1) is 13.8 Å². The second kappa shape index (κ2) is 5.58. The van der Waals surface area contributed by atoms with Gasteiger partial charge in [-0.1, -0.05) is 35.4 Å². The van der Waals surface area contributed by atoms with Crippen molar-refractivity contribution in [3.63, 3.8) is 0 Å². The number of anilines is 2. The monoisotopic (exact) mass is 266 g/mol. The van der Waals surface area contributed by atoms with Crippen LogP contribution in [0.3, 0.4) is 0 Å². The molecule has 0 N–H and O–H groups in total. The maximum absolute atomic E-state index is 2.46. The molecule has 0 spiro atoms. The number of hydrogen-bond acceptors (Lipinski definition) is 2. The highest BCUT2D eigenvalue weighted by atomic mass is 15.3. The summed E-state index contributed by atoms with van der Waals surface area (Å²) in [5.74, 6) is 0. The third kappa shape index (κ3) is 2.79. The molecule has 0 amide bonds. The lowest BCUT2D eigenvalue weighted by molar-refractivity contribution is 0.615. The third-order valence-electron chi connectivity index (χ3n) is 4.00. The second-order valence-electron chi connectivity index (χ2n) is 5.69. The minimum atomic E-state index is 0.978. The van der Waals surface area contributed by atoms with Crippen LogP contribution in [-0.2, 0) is 0 Å². The van der Waals surface area contributed by atoms with Crippen LogP contribution in [0.15, 0.2) is 48.5 Å². The third-order valence-corrected chi connectivity index (χ3v) is 4.00. The molecule has 0 atom stereocenters. The highest BCUT2D eigenvalue weighted by Gasteiger charge is 2.17. The Balaban J connectivity index is 1.76. The lowest BCUT2D eigenvalue weighted by atomic mass is 10.1. The molecule has 2 aromatic carbocycles. The van der Waals surface area contributed by atoms with Gasteiger partial charge in [-0.25, -0.2) is 0 Å². The first-order valence-electron chi connectivity index (χ1n) is 7.35. The van der Waals surface area contributed by atoms with Crippen molar-refractivity contribution in [2.45, 2.75) is 20.3 Å². The SMILES string of the molecule is Cc1ccc(N2CCCN(c3ccc(C)cc3)C2)cc1. The summed E-state index contributed by atoms with van der Waals surface area (Å²) in [6.45, 7) is 7.54. The van der Waals surface area contributed by atoms with Crippen molar-refractivity contribution in [3.05, 3.63) is 59.7 Å². The van der Waals surface area contributed by atoms with Crippen molar-refractivity contribution >= 4 is 11.4 Å². The largest absolute Gasteiger partial charge is 0.354 e. The fraction of sp³-hybridized carbons (Fsp3) is 0.333. The first-order valence-corrected chi connectivity index (χ1v) is 7.35. The van der Waals surface area contributed by atoms with Crippen LogP contribution in [0.1, 0.15) is 17.5 Å². The van der Waals surface area contributed by atoms with Gasteiger partial charge < -0.3 is 9.80 Å². The quantitative estimate of drug-likeness (QED) is 0.811. The molecule has 1 aliphatic rings. The van der Waals surface area contributed by atoms with Gasteiger partial charge in [-0.15, -0.1) is 0 Å². The average molecular weight is 266 g/mol. The molecule has 1 saturated heterocycles. The van der Waals surface area contributed by atoms with Gasteiger partial charge in [-0.3, -0.25) is 0 Å². The van der Waals surface area contributed by atoms with Crippen molar-refractivity contribution in [3.8, 4) is 0 Å². The molecule has 1 heterocycles. The summed E-state index contributed by atoms with van der Waals surface area (Å²) in [5, 5.41) is 0. The molecule has 2 nitrogen and oxygen atoms in total. The summed E-state index contributed by atoms with van der Waals surface area (Å²) in [4.78, 5) is 4.92. The normalized spacial score (nSPS) is 15.5. The zero-order valence-electron chi connectivity index (χ0n) is 12.3. The van der Waals surface area contributed by atoms with Crippen molar-refractivity contribution in [2.75, 3.05) is 29.6 Å². The van der Waals surface area contributed by atoms with Crippen molar-refractivity contribution in [1.82, 2.24) is 0 Å². The van der Waals surface area contributed by atoms with Crippen molar-refractivity contribution in [2.24, 2.45) is 0 Å². The average Bonchev–Trinajstić information content (AvgIpc) is 2.49. The summed E-state index contributed by atoms with van der Waals surface area (Å²) < 4.78 is 0. The van der Waals surface area contributed by atoms with E-state index in [1.165, 1.54) is 28.9 Å². The van der Waals surface area contributed by atoms with Crippen LogP contribution in [0.5, 0.6) is 0 Å². The van der Waals surface area contributed by atoms with Crippen molar-refractivity contribution in [1.29, 1.82) is 0 Å². The standard InChI is InChI=1S/C18H22N2/c1-15-4-8-17(9-5-15)19-12-3-13-20(14-19)18-10-6-16(2)7-11-18/h4-11H,3,12-14H2,1-2H3. The molecule has 104 valence electrons. The Morgan fingerprint density at radius 3 is 1.45 bits per heavy atom. The number of nitrogens with zero attached hydrogens (tertiary/aromatic N) is 2. The predicted molar refractivity (Wildman–Crippen MR) is 86.5 cm³/mol. The Morgan fingerprint density at radius 1 is 0.650 bits per heavy atom. The lowest BCUT2D eigenvalue weighted by Crippen LogP contribution is -2.45. The van der Waals surface area contributed by atoms with Gasteiger partial charge in [0.05, 0.1) is 6.67 Å². The Labute approximate surface area is 121 Å². The van der Waals surface area contributed by atoms with Gasteiger partial charge >= 0.3 is 0 Å². The van der Waals surface area contributed by atoms with Crippen LogP contribution in [0.2, 0.25) is 0 Å². The van der Waals surface area contributed by atoms with E-state index < -0.39 is 0 Å². The highest BCUT2D eigenvalue weighted by Crippen LogP contribution is 2.23. The second-order valence-corrected chi connectivity index (χ2v) is 5.69. The van der Waals surface area contributed by atoms with Gasteiger partial charge in [0, 0.05) is 24.5 Å². The molecule has 2 aromatic rings. The Kier molecular flexibility index (Phi) is 3.64. The fourth-order valence-corrected chi connectivity index (χ4v) is 2.73. The minimum absolute atomic E-state index is 0.978. The minimum Gasteiger partial charge on any atom is -0.354 e. The summed E-state index contributed by atoms with van der Waals surface area (Å²) in [6, 6.07) is 17.7. The van der Waals surface area contributed by atoms with Gasteiger partial charge in [-0.2, -0.15) is 0 Å². The maximum Gasteiger partial charge on any atom is 0.0902 e. The summed E-state index contributed by atoms with van der Waals surface area (Å²) in [7, 11) is 0.